The molecule has 4 rings (SSSR count). The molecule has 0 aliphatic carbocycles. The molecule has 1 aromatic heterocycles. The molecule has 1 amide bonds. The van der Waals surface area contributed by atoms with Gasteiger partial charge in [0.15, 0.2) is 5.84 Å². The molecular weight excluding hydrogens is 483 g/mol. The number of carbonyl (C=O) groups is 1. The van der Waals surface area contributed by atoms with E-state index in [1.54, 1.807) is 0 Å². The van der Waals surface area contributed by atoms with E-state index in [9.17, 15) is 18.0 Å². The number of hydrogen-bond acceptors (Lipinski definition) is 4. The van der Waals surface area contributed by atoms with Gasteiger partial charge in [-0.1, -0.05) is 22.0 Å². The standard InChI is InChI=1S/C19H13BrF3N5OS/c1-9-6-11(10(2)27(9)13-5-3-4-12(20)8-13)7-14-15(24)28-18(25-16(14)29)30-17(26-28)19(21,22)23/h3-8,24H,1-2H3/b14-7+,24-15?. The number of amides is 1. The number of carbonyl (C=O) groups excluding carboxylic acids is 1. The highest BCUT2D eigenvalue weighted by atomic mass is 79.9. The Hall–Kier alpha value is -2.66. The van der Waals surface area contributed by atoms with Crippen molar-refractivity contribution in [1.82, 2.24) is 9.58 Å². The molecule has 30 heavy (non-hydrogen) atoms. The number of halogens is 4. The first-order chi connectivity index (χ1) is 14.1. The van der Waals surface area contributed by atoms with E-state index >= 15 is 0 Å². The molecule has 0 unspecified atom stereocenters. The van der Waals surface area contributed by atoms with E-state index in [1.165, 1.54) is 6.08 Å². The summed E-state index contributed by atoms with van der Waals surface area (Å²) in [5.41, 5.74) is 3.14. The molecule has 3 heterocycles. The molecule has 1 aromatic carbocycles. The highest BCUT2D eigenvalue weighted by molar-refractivity contribution is 9.10. The van der Waals surface area contributed by atoms with E-state index < -0.39 is 23.0 Å². The fourth-order valence-electron chi connectivity index (χ4n) is 3.21. The Labute approximate surface area is 181 Å². The monoisotopic (exact) mass is 495 g/mol. The van der Waals surface area contributed by atoms with Gasteiger partial charge in [0.2, 0.25) is 10.2 Å². The summed E-state index contributed by atoms with van der Waals surface area (Å²) >= 11 is 3.67. The zero-order valence-corrected chi connectivity index (χ0v) is 18.0. The molecule has 0 saturated heterocycles. The molecule has 2 aliphatic rings. The number of aromatic nitrogens is 1. The number of nitrogens with zero attached hydrogens (tertiary/aromatic N) is 4. The maximum Gasteiger partial charge on any atom is 0.441 e. The summed E-state index contributed by atoms with van der Waals surface area (Å²) in [5.74, 6) is -1.21. The quantitative estimate of drug-likeness (QED) is 0.593. The molecule has 2 aliphatic heterocycles. The third kappa shape index (κ3) is 3.52. The predicted octanol–water partition coefficient (Wildman–Crippen LogP) is 5.04. The summed E-state index contributed by atoms with van der Waals surface area (Å²) in [5, 5.41) is 11.0. The number of fused-ring (bicyclic) bond motifs is 1. The van der Waals surface area contributed by atoms with Crippen LogP contribution in [0.25, 0.3) is 11.8 Å². The Morgan fingerprint density at radius 3 is 2.63 bits per heavy atom. The van der Waals surface area contributed by atoms with Gasteiger partial charge < -0.3 is 4.57 Å². The van der Waals surface area contributed by atoms with Crippen LogP contribution < -0.4 is 0 Å². The molecule has 0 radical (unpaired) electrons. The minimum Gasteiger partial charge on any atom is -0.318 e. The first kappa shape index (κ1) is 20.6. The van der Waals surface area contributed by atoms with Crippen molar-refractivity contribution in [2.24, 2.45) is 10.1 Å². The fourth-order valence-corrected chi connectivity index (χ4v) is 4.35. The molecule has 1 N–H and O–H groups in total. The number of thioether (sulfide) groups is 1. The SMILES string of the molecule is Cc1cc(/C=C2\C(=N)N3N=C(C(F)(F)F)SC3=NC2=O)c(C)n1-c1cccc(Br)c1. The van der Waals surface area contributed by atoms with E-state index in [-0.39, 0.29) is 22.5 Å². The Morgan fingerprint density at radius 2 is 1.97 bits per heavy atom. The third-order valence-electron chi connectivity index (χ3n) is 4.53. The average molecular weight is 496 g/mol. The van der Waals surface area contributed by atoms with Crippen LogP contribution in [0.3, 0.4) is 0 Å². The summed E-state index contributed by atoms with van der Waals surface area (Å²) < 4.78 is 41.7. The third-order valence-corrected chi connectivity index (χ3v) is 5.98. The lowest BCUT2D eigenvalue weighted by molar-refractivity contribution is -0.114. The number of hydrogen-bond donors (Lipinski definition) is 1. The van der Waals surface area contributed by atoms with Crippen LogP contribution in [0.5, 0.6) is 0 Å². The largest absolute Gasteiger partial charge is 0.441 e. The number of aryl methyl sites for hydroxylation is 1. The number of aliphatic imine (C=N–C) groups is 1. The molecule has 0 atom stereocenters. The summed E-state index contributed by atoms with van der Waals surface area (Å²) in [6.07, 6.45) is -3.21. The second-order valence-corrected chi connectivity index (χ2v) is 8.44. The fraction of sp³-hybridized carbons (Fsp3) is 0.158. The van der Waals surface area contributed by atoms with Crippen LogP contribution in [0.4, 0.5) is 13.2 Å². The van der Waals surface area contributed by atoms with Crippen LogP contribution in [-0.2, 0) is 4.79 Å². The lowest BCUT2D eigenvalue weighted by Gasteiger charge is -2.20. The molecule has 11 heteroatoms. The van der Waals surface area contributed by atoms with Gasteiger partial charge in [-0.15, -0.1) is 0 Å². The second kappa shape index (κ2) is 7.24. The van der Waals surface area contributed by atoms with Gasteiger partial charge in [-0.3, -0.25) is 10.2 Å². The Kier molecular flexibility index (Phi) is 4.97. The van der Waals surface area contributed by atoms with Gasteiger partial charge in [0.05, 0.1) is 5.57 Å². The van der Waals surface area contributed by atoms with E-state index in [2.05, 4.69) is 26.0 Å². The maximum absolute atomic E-state index is 12.9. The zero-order chi connectivity index (χ0) is 21.8. The number of alkyl halides is 3. The van der Waals surface area contributed by atoms with E-state index in [4.69, 9.17) is 5.41 Å². The zero-order valence-electron chi connectivity index (χ0n) is 15.6. The van der Waals surface area contributed by atoms with E-state index in [0.29, 0.717) is 5.56 Å². The van der Waals surface area contributed by atoms with Crippen molar-refractivity contribution < 1.29 is 18.0 Å². The van der Waals surface area contributed by atoms with Crippen LogP contribution >= 0.6 is 27.7 Å². The number of hydrazone groups is 1. The lowest BCUT2D eigenvalue weighted by Crippen LogP contribution is -2.35. The maximum atomic E-state index is 12.9. The van der Waals surface area contributed by atoms with Gasteiger partial charge in [-0.2, -0.15) is 28.3 Å². The van der Waals surface area contributed by atoms with Crippen molar-refractivity contribution in [3.63, 3.8) is 0 Å². The van der Waals surface area contributed by atoms with Crippen LogP contribution in [0.15, 0.2) is 50.5 Å². The second-order valence-electron chi connectivity index (χ2n) is 6.56. The first-order valence-electron chi connectivity index (χ1n) is 8.58. The minimum atomic E-state index is -4.67. The number of rotatable bonds is 2. The molecule has 0 spiro atoms. The minimum absolute atomic E-state index is 0.124. The number of benzene rings is 1. The van der Waals surface area contributed by atoms with Gasteiger partial charge in [0, 0.05) is 21.5 Å². The number of amidine groups is 2. The molecule has 6 nitrogen and oxygen atoms in total. The van der Waals surface area contributed by atoms with Gasteiger partial charge >= 0.3 is 6.18 Å². The van der Waals surface area contributed by atoms with Crippen LogP contribution in [0.2, 0.25) is 0 Å². The molecule has 154 valence electrons. The van der Waals surface area contributed by atoms with Crippen LogP contribution in [0.1, 0.15) is 17.0 Å². The Balaban J connectivity index is 1.75. The summed E-state index contributed by atoms with van der Waals surface area (Å²) in [4.78, 5) is 16.1. The molecule has 0 bridgehead atoms. The van der Waals surface area contributed by atoms with Crippen molar-refractivity contribution in [3.05, 3.63) is 57.3 Å². The summed E-state index contributed by atoms with van der Waals surface area (Å²) in [7, 11) is 0. The van der Waals surface area contributed by atoms with Gasteiger partial charge in [-0.25, -0.2) is 0 Å². The van der Waals surface area contributed by atoms with Crippen molar-refractivity contribution in [2.75, 3.05) is 0 Å². The Bertz CT molecular complexity index is 1200. The first-order valence-corrected chi connectivity index (χ1v) is 10.2. The highest BCUT2D eigenvalue weighted by Gasteiger charge is 2.46. The van der Waals surface area contributed by atoms with Crippen molar-refractivity contribution in [1.29, 1.82) is 5.41 Å². The lowest BCUT2D eigenvalue weighted by atomic mass is 10.1. The summed E-state index contributed by atoms with van der Waals surface area (Å²) in [6, 6.07) is 9.51. The smallest absolute Gasteiger partial charge is 0.318 e. The molecule has 2 aromatic rings. The van der Waals surface area contributed by atoms with Gasteiger partial charge in [0.1, 0.15) is 0 Å². The van der Waals surface area contributed by atoms with Gasteiger partial charge in [-0.05, 0) is 61.5 Å². The highest BCUT2D eigenvalue weighted by Crippen LogP contribution is 2.35. The average Bonchev–Trinajstić information content (AvgIpc) is 3.20. The normalized spacial score (nSPS) is 18.1. The van der Waals surface area contributed by atoms with Crippen molar-refractivity contribution in [2.45, 2.75) is 20.0 Å². The predicted molar refractivity (Wildman–Crippen MR) is 114 cm³/mol. The van der Waals surface area contributed by atoms with Crippen LogP contribution in [0, 0.1) is 19.3 Å². The molecule has 0 fully saturated rings. The summed E-state index contributed by atoms with van der Waals surface area (Å²) in [6.45, 7) is 3.76. The van der Waals surface area contributed by atoms with Crippen LogP contribution in [-0.4, -0.2) is 37.7 Å². The number of nitrogens with one attached hydrogen (secondary N) is 1. The van der Waals surface area contributed by atoms with Crippen molar-refractivity contribution in [3.8, 4) is 5.69 Å². The van der Waals surface area contributed by atoms with Crippen molar-refractivity contribution >= 4 is 55.7 Å². The molecule has 0 saturated carbocycles. The van der Waals surface area contributed by atoms with E-state index in [0.717, 1.165) is 26.6 Å². The molecular formula is C19H13BrF3N5OS. The Morgan fingerprint density at radius 1 is 1.23 bits per heavy atom. The van der Waals surface area contributed by atoms with Gasteiger partial charge in [0.25, 0.3) is 5.91 Å². The van der Waals surface area contributed by atoms with E-state index in [1.807, 2.05) is 48.7 Å². The topological polar surface area (TPSA) is 73.8 Å².